The lowest BCUT2D eigenvalue weighted by molar-refractivity contribution is -0.148. The highest BCUT2D eigenvalue weighted by Gasteiger charge is 2.34. The number of carbonyl (C=O) groups is 2. The van der Waals surface area contributed by atoms with Crippen LogP contribution >= 0.6 is 0 Å². The Morgan fingerprint density at radius 2 is 2.04 bits per heavy atom. The molecule has 0 spiro atoms. The molecule has 0 unspecified atom stereocenters. The molecule has 1 N–H and O–H groups in total. The number of hydrogen-bond donors (Lipinski definition) is 1. The Morgan fingerprint density at radius 3 is 2.70 bits per heavy atom. The molecule has 7 heteroatoms. The number of ether oxygens (including phenoxy) is 2. The molecule has 0 radical (unpaired) electrons. The zero-order chi connectivity index (χ0) is 17.2. The van der Waals surface area contributed by atoms with Gasteiger partial charge >= 0.3 is 6.09 Å². The number of carbonyl (C=O) groups excluding carboxylic acids is 2. The van der Waals surface area contributed by atoms with Crippen molar-refractivity contribution >= 4 is 12.0 Å². The van der Waals surface area contributed by atoms with Gasteiger partial charge in [0.15, 0.2) is 0 Å². The smallest absolute Gasteiger partial charge is 0.410 e. The van der Waals surface area contributed by atoms with E-state index in [-0.39, 0.29) is 36.8 Å². The van der Waals surface area contributed by atoms with E-state index in [0.717, 1.165) is 0 Å². The fraction of sp³-hybridized carbons (Fsp3) is 0.875. The molecule has 2 fully saturated rings. The van der Waals surface area contributed by atoms with Crippen LogP contribution in [0.25, 0.3) is 0 Å². The molecule has 0 aromatic heterocycles. The van der Waals surface area contributed by atoms with Gasteiger partial charge in [-0.1, -0.05) is 0 Å². The van der Waals surface area contributed by atoms with E-state index in [9.17, 15) is 9.59 Å². The second kappa shape index (κ2) is 7.05. The van der Waals surface area contributed by atoms with Crippen molar-refractivity contribution < 1.29 is 19.1 Å². The monoisotopic (exact) mass is 327 g/mol. The molecule has 2 saturated heterocycles. The van der Waals surface area contributed by atoms with Crippen molar-refractivity contribution in [3.63, 3.8) is 0 Å². The van der Waals surface area contributed by atoms with E-state index in [2.05, 4.69) is 5.32 Å². The van der Waals surface area contributed by atoms with Gasteiger partial charge in [0, 0.05) is 38.3 Å². The van der Waals surface area contributed by atoms with Crippen LogP contribution in [0.1, 0.15) is 34.6 Å². The lowest BCUT2D eigenvalue weighted by atomic mass is 10.1. The maximum atomic E-state index is 12.4. The minimum absolute atomic E-state index is 0.00680. The summed E-state index contributed by atoms with van der Waals surface area (Å²) in [5, 5.41) is 3.42. The van der Waals surface area contributed by atoms with Gasteiger partial charge in [0.1, 0.15) is 12.2 Å². The first-order chi connectivity index (χ1) is 10.7. The van der Waals surface area contributed by atoms with Crippen LogP contribution in [0.15, 0.2) is 0 Å². The van der Waals surface area contributed by atoms with Crippen molar-refractivity contribution in [2.45, 2.75) is 58.4 Å². The molecule has 0 aliphatic carbocycles. The molecular formula is C16H29N3O4. The Labute approximate surface area is 138 Å². The molecule has 2 aliphatic rings. The summed E-state index contributed by atoms with van der Waals surface area (Å²) in [6.45, 7) is 12.1. The van der Waals surface area contributed by atoms with E-state index in [1.807, 2.05) is 39.5 Å². The van der Waals surface area contributed by atoms with E-state index in [4.69, 9.17) is 9.47 Å². The Bertz CT molecular complexity index is 449. The van der Waals surface area contributed by atoms with Crippen molar-refractivity contribution in [2.24, 2.45) is 0 Å². The topological polar surface area (TPSA) is 71.1 Å². The van der Waals surface area contributed by atoms with Crippen LogP contribution in [0.5, 0.6) is 0 Å². The molecule has 2 amide bonds. The predicted molar refractivity (Wildman–Crippen MR) is 86.2 cm³/mol. The van der Waals surface area contributed by atoms with Crippen LogP contribution in [0, 0.1) is 0 Å². The van der Waals surface area contributed by atoms with E-state index < -0.39 is 5.60 Å². The van der Waals surface area contributed by atoms with Crippen LogP contribution in [0.2, 0.25) is 0 Å². The number of nitrogens with zero attached hydrogens (tertiary/aromatic N) is 2. The second-order valence-corrected chi connectivity index (χ2v) is 7.51. The zero-order valence-electron chi connectivity index (χ0n) is 14.8. The fourth-order valence-electron chi connectivity index (χ4n) is 2.84. The average molecular weight is 327 g/mol. The first-order valence-electron chi connectivity index (χ1n) is 8.28. The standard InChI is InChI=1S/C16H29N3O4/c1-11-6-17-13(8-18-7-12(2)22-10-14(18)20)9-19(11)15(21)23-16(3,4)5/h11-13,17H,6-10H2,1-5H3/t11-,12+,13+/m1/s1. The van der Waals surface area contributed by atoms with Gasteiger partial charge < -0.3 is 24.6 Å². The lowest BCUT2D eigenvalue weighted by Gasteiger charge is -2.41. The van der Waals surface area contributed by atoms with Crippen LogP contribution in [-0.2, 0) is 14.3 Å². The van der Waals surface area contributed by atoms with Gasteiger partial charge in [-0.2, -0.15) is 0 Å². The summed E-state index contributed by atoms with van der Waals surface area (Å²) in [4.78, 5) is 27.9. The Balaban J connectivity index is 1.94. The maximum absolute atomic E-state index is 12.4. The molecule has 23 heavy (non-hydrogen) atoms. The largest absolute Gasteiger partial charge is 0.444 e. The summed E-state index contributed by atoms with van der Waals surface area (Å²) < 4.78 is 10.8. The van der Waals surface area contributed by atoms with Crippen LogP contribution < -0.4 is 5.32 Å². The number of amides is 2. The molecule has 2 rings (SSSR count). The summed E-state index contributed by atoms with van der Waals surface area (Å²) in [6, 6.07) is 0.119. The third-order valence-electron chi connectivity index (χ3n) is 4.04. The second-order valence-electron chi connectivity index (χ2n) is 7.51. The number of morpholine rings is 1. The highest BCUT2D eigenvalue weighted by molar-refractivity contribution is 5.78. The highest BCUT2D eigenvalue weighted by atomic mass is 16.6. The lowest BCUT2D eigenvalue weighted by Crippen LogP contribution is -2.62. The van der Waals surface area contributed by atoms with Crippen LogP contribution in [-0.4, -0.2) is 78.4 Å². The highest BCUT2D eigenvalue weighted by Crippen LogP contribution is 2.16. The Hall–Kier alpha value is -1.34. The SMILES string of the molecule is C[C@@H]1CN[C@@H](CN2C[C@H](C)OCC2=O)CN1C(=O)OC(C)(C)C. The summed E-state index contributed by atoms with van der Waals surface area (Å²) in [5.41, 5.74) is -0.507. The minimum Gasteiger partial charge on any atom is -0.444 e. The summed E-state index contributed by atoms with van der Waals surface area (Å²) in [6.07, 6.45) is -0.240. The zero-order valence-corrected chi connectivity index (χ0v) is 14.8. The number of nitrogens with one attached hydrogen (secondary N) is 1. The van der Waals surface area contributed by atoms with Crippen molar-refractivity contribution in [1.29, 1.82) is 0 Å². The van der Waals surface area contributed by atoms with Crippen molar-refractivity contribution in [3.8, 4) is 0 Å². The van der Waals surface area contributed by atoms with Gasteiger partial charge in [-0.15, -0.1) is 0 Å². The van der Waals surface area contributed by atoms with Gasteiger partial charge in [-0.25, -0.2) is 4.79 Å². The molecule has 2 heterocycles. The predicted octanol–water partition coefficient (Wildman–Crippen LogP) is 0.831. The third-order valence-corrected chi connectivity index (χ3v) is 4.04. The van der Waals surface area contributed by atoms with E-state index in [1.165, 1.54) is 0 Å². The molecule has 2 aliphatic heterocycles. The molecule has 0 bridgehead atoms. The number of rotatable bonds is 2. The first-order valence-corrected chi connectivity index (χ1v) is 8.28. The van der Waals surface area contributed by atoms with Gasteiger partial charge in [-0.05, 0) is 34.6 Å². The normalized spacial score (nSPS) is 29.6. The minimum atomic E-state index is -0.507. The van der Waals surface area contributed by atoms with E-state index in [0.29, 0.717) is 26.2 Å². The van der Waals surface area contributed by atoms with Crippen molar-refractivity contribution in [2.75, 3.05) is 32.8 Å². The van der Waals surface area contributed by atoms with Gasteiger partial charge in [0.25, 0.3) is 0 Å². The van der Waals surface area contributed by atoms with Crippen molar-refractivity contribution in [3.05, 3.63) is 0 Å². The van der Waals surface area contributed by atoms with Gasteiger partial charge in [0.05, 0.1) is 6.10 Å². The van der Waals surface area contributed by atoms with Crippen LogP contribution in [0.3, 0.4) is 0 Å². The number of piperazine rings is 1. The summed E-state index contributed by atoms with van der Waals surface area (Å²) >= 11 is 0. The Morgan fingerprint density at radius 1 is 1.35 bits per heavy atom. The maximum Gasteiger partial charge on any atom is 0.410 e. The molecular weight excluding hydrogens is 298 g/mol. The van der Waals surface area contributed by atoms with Crippen molar-refractivity contribution in [1.82, 2.24) is 15.1 Å². The Kier molecular flexibility index (Phi) is 5.52. The fourth-order valence-corrected chi connectivity index (χ4v) is 2.84. The summed E-state index contributed by atoms with van der Waals surface area (Å²) in [7, 11) is 0. The first kappa shape index (κ1) is 18.0. The molecule has 132 valence electrons. The van der Waals surface area contributed by atoms with Crippen LogP contribution in [0.4, 0.5) is 4.79 Å². The molecule has 0 aromatic carbocycles. The average Bonchev–Trinajstić information content (AvgIpc) is 2.43. The quantitative estimate of drug-likeness (QED) is 0.813. The number of hydrogen-bond acceptors (Lipinski definition) is 5. The third kappa shape index (κ3) is 5.07. The molecule has 0 aromatic rings. The van der Waals surface area contributed by atoms with E-state index in [1.54, 1.807) is 4.90 Å². The molecule has 3 atom stereocenters. The molecule has 7 nitrogen and oxygen atoms in total. The summed E-state index contributed by atoms with van der Waals surface area (Å²) in [5.74, 6) is 0.00680. The van der Waals surface area contributed by atoms with Gasteiger partial charge in [0.2, 0.25) is 5.91 Å². The molecule has 0 saturated carbocycles. The van der Waals surface area contributed by atoms with E-state index >= 15 is 0 Å². The van der Waals surface area contributed by atoms with Gasteiger partial charge in [-0.3, -0.25) is 4.79 Å².